The molecule has 1 aliphatic heterocycles. The van der Waals surface area contributed by atoms with E-state index < -0.39 is 34.9 Å². The van der Waals surface area contributed by atoms with Crippen molar-refractivity contribution in [3.8, 4) is 17.6 Å². The number of Topliss-reactive ketones (excluding diaryl/α,β-unsaturated/α-hetero) is 1. The third kappa shape index (κ3) is 4.28. The summed E-state index contributed by atoms with van der Waals surface area (Å²) in [5.74, 6) is -0.488. The van der Waals surface area contributed by atoms with Crippen LogP contribution in [0.25, 0.3) is 0 Å². The van der Waals surface area contributed by atoms with Crippen molar-refractivity contribution in [2.45, 2.75) is 4.90 Å². The number of hydrogen-bond donors (Lipinski definition) is 1. The average molecular weight is 402 g/mol. The Morgan fingerprint density at radius 2 is 1.89 bits per heavy atom. The zero-order chi connectivity index (χ0) is 20.1. The molecule has 2 aromatic carbocycles. The molecule has 0 atom stereocenters. The molecule has 0 saturated heterocycles. The van der Waals surface area contributed by atoms with Gasteiger partial charge < -0.3 is 14.2 Å². The molecule has 1 N–H and O–H groups in total. The second-order valence-corrected chi connectivity index (χ2v) is 7.32. The van der Waals surface area contributed by atoms with E-state index in [-0.39, 0.29) is 22.8 Å². The molecule has 28 heavy (non-hydrogen) atoms. The van der Waals surface area contributed by atoms with Crippen LogP contribution in [0.1, 0.15) is 15.9 Å². The maximum atomic E-state index is 12.2. The fraction of sp³-hybridized carbons (Fsp3) is 0.167. The van der Waals surface area contributed by atoms with Gasteiger partial charge in [-0.2, -0.15) is 9.98 Å². The smallest absolute Gasteiger partial charge is 0.321 e. The normalized spacial score (nSPS) is 12.2. The molecule has 2 aromatic rings. The second kappa shape index (κ2) is 8.08. The molecule has 0 aliphatic carbocycles. The summed E-state index contributed by atoms with van der Waals surface area (Å²) in [6.45, 7) is -1.18. The van der Waals surface area contributed by atoms with Crippen LogP contribution in [0.5, 0.6) is 11.5 Å². The third-order valence-electron chi connectivity index (χ3n) is 3.76. The Hall–Kier alpha value is -3.42. The summed E-state index contributed by atoms with van der Waals surface area (Å²) in [4.78, 5) is 23.6. The average Bonchev–Trinajstić information content (AvgIpc) is 3.18. The first kappa shape index (κ1) is 19.3. The van der Waals surface area contributed by atoms with Gasteiger partial charge in [-0.25, -0.2) is 8.42 Å². The van der Waals surface area contributed by atoms with Gasteiger partial charge in [0, 0.05) is 5.56 Å². The van der Waals surface area contributed by atoms with E-state index in [9.17, 15) is 18.0 Å². The van der Waals surface area contributed by atoms with Crippen LogP contribution in [0, 0.1) is 11.3 Å². The molecule has 144 valence electrons. The molecule has 0 aromatic heterocycles. The number of carbonyl (C=O) groups is 2. The summed E-state index contributed by atoms with van der Waals surface area (Å²) in [6, 6.07) is 11.9. The van der Waals surface area contributed by atoms with Crippen LogP contribution in [0.4, 0.5) is 0 Å². The van der Waals surface area contributed by atoms with Crippen molar-refractivity contribution in [1.29, 1.82) is 5.26 Å². The molecule has 0 radical (unpaired) electrons. The van der Waals surface area contributed by atoms with E-state index in [0.717, 1.165) is 0 Å². The number of nitrogens with zero attached hydrogens (tertiary/aromatic N) is 1. The van der Waals surface area contributed by atoms with E-state index in [1.807, 2.05) is 4.72 Å². The predicted octanol–water partition coefficient (Wildman–Crippen LogP) is 0.991. The lowest BCUT2D eigenvalue weighted by Crippen LogP contribution is -2.32. The summed E-state index contributed by atoms with van der Waals surface area (Å²) in [6.07, 6.45) is 0. The molecule has 1 heterocycles. The molecule has 3 rings (SSSR count). The van der Waals surface area contributed by atoms with E-state index in [1.54, 1.807) is 12.1 Å². The molecular formula is C18H14N2O7S. The van der Waals surface area contributed by atoms with E-state index >= 15 is 0 Å². The lowest BCUT2D eigenvalue weighted by Gasteiger charge is -2.08. The lowest BCUT2D eigenvalue weighted by molar-refractivity contribution is -0.141. The summed E-state index contributed by atoms with van der Waals surface area (Å²) in [5.41, 5.74) is 0.210. The quantitative estimate of drug-likeness (QED) is 0.536. The first-order valence-electron chi connectivity index (χ1n) is 7.98. The predicted molar refractivity (Wildman–Crippen MR) is 94.2 cm³/mol. The van der Waals surface area contributed by atoms with Gasteiger partial charge in [-0.05, 0) is 30.3 Å². The molecule has 0 spiro atoms. The minimum Gasteiger partial charge on any atom is -0.456 e. The van der Waals surface area contributed by atoms with Gasteiger partial charge in [0.15, 0.2) is 23.9 Å². The van der Waals surface area contributed by atoms with Crippen molar-refractivity contribution in [3.63, 3.8) is 0 Å². The molecule has 0 bridgehead atoms. The fourth-order valence-electron chi connectivity index (χ4n) is 2.38. The Bertz CT molecular complexity index is 1070. The Labute approximate surface area is 160 Å². The maximum absolute atomic E-state index is 12.2. The highest BCUT2D eigenvalue weighted by Gasteiger charge is 2.21. The number of ether oxygens (including phenoxy) is 3. The number of nitriles is 1. The van der Waals surface area contributed by atoms with Crippen LogP contribution in [0.15, 0.2) is 47.4 Å². The first-order chi connectivity index (χ1) is 13.4. The second-order valence-electron chi connectivity index (χ2n) is 5.58. The Kier molecular flexibility index (Phi) is 5.58. The van der Waals surface area contributed by atoms with Gasteiger partial charge in [0.2, 0.25) is 16.8 Å². The lowest BCUT2D eigenvalue weighted by atomic mass is 10.1. The molecule has 0 saturated carbocycles. The number of sulfonamides is 1. The van der Waals surface area contributed by atoms with Crippen LogP contribution in [-0.4, -0.2) is 40.1 Å². The molecule has 1 aliphatic rings. The van der Waals surface area contributed by atoms with Crippen LogP contribution >= 0.6 is 0 Å². The molecule has 0 amide bonds. The van der Waals surface area contributed by atoms with Crippen LogP contribution in [0.2, 0.25) is 0 Å². The van der Waals surface area contributed by atoms with Crippen molar-refractivity contribution in [2.75, 3.05) is 19.9 Å². The third-order valence-corrected chi connectivity index (χ3v) is 5.22. The van der Waals surface area contributed by atoms with Crippen LogP contribution in [-0.2, 0) is 19.6 Å². The summed E-state index contributed by atoms with van der Waals surface area (Å²) in [7, 11) is -4.08. The van der Waals surface area contributed by atoms with Crippen molar-refractivity contribution < 1.29 is 32.2 Å². The number of nitrogens with one attached hydrogen (secondary N) is 1. The van der Waals surface area contributed by atoms with Gasteiger partial charge in [-0.1, -0.05) is 12.1 Å². The van der Waals surface area contributed by atoms with Gasteiger partial charge in [0.05, 0.1) is 10.5 Å². The molecule has 9 nitrogen and oxygen atoms in total. The number of hydrogen-bond acceptors (Lipinski definition) is 8. The molecule has 0 unspecified atom stereocenters. The maximum Gasteiger partial charge on any atom is 0.321 e. The Morgan fingerprint density at radius 1 is 1.14 bits per heavy atom. The highest BCUT2D eigenvalue weighted by molar-refractivity contribution is 7.89. The fourth-order valence-corrected chi connectivity index (χ4v) is 3.50. The highest BCUT2D eigenvalue weighted by Crippen LogP contribution is 2.32. The zero-order valence-electron chi connectivity index (χ0n) is 14.4. The van der Waals surface area contributed by atoms with Gasteiger partial charge in [0.1, 0.15) is 12.6 Å². The first-order valence-corrected chi connectivity index (χ1v) is 9.46. The minimum atomic E-state index is -4.08. The van der Waals surface area contributed by atoms with E-state index in [0.29, 0.717) is 11.5 Å². The number of esters is 1. The van der Waals surface area contributed by atoms with Crippen molar-refractivity contribution in [2.24, 2.45) is 0 Å². The van der Waals surface area contributed by atoms with Gasteiger partial charge >= 0.3 is 5.97 Å². The van der Waals surface area contributed by atoms with Gasteiger partial charge in [0.25, 0.3) is 0 Å². The van der Waals surface area contributed by atoms with Crippen molar-refractivity contribution in [1.82, 2.24) is 4.72 Å². The summed E-state index contributed by atoms with van der Waals surface area (Å²) < 4.78 is 41.6. The number of carbonyl (C=O) groups excluding carboxylic acids is 2. The zero-order valence-corrected chi connectivity index (χ0v) is 15.2. The van der Waals surface area contributed by atoms with Gasteiger partial charge in [-0.3, -0.25) is 9.59 Å². The van der Waals surface area contributed by atoms with Crippen LogP contribution in [0.3, 0.4) is 0 Å². The number of rotatable bonds is 7. The minimum absolute atomic E-state index is 0.0543. The standard InChI is InChI=1S/C18H14N2O7S/c19-8-13-3-1-2-4-17(13)28(23,24)20-9-18(22)25-10-14(21)12-5-6-15-16(7-12)27-11-26-15/h1-7,20H,9-11H2. The topological polar surface area (TPSA) is 132 Å². The summed E-state index contributed by atoms with van der Waals surface area (Å²) >= 11 is 0. The van der Waals surface area contributed by atoms with Crippen LogP contribution < -0.4 is 14.2 Å². The summed E-state index contributed by atoms with van der Waals surface area (Å²) in [5, 5.41) is 8.98. The van der Waals surface area contributed by atoms with E-state index in [2.05, 4.69) is 0 Å². The molecule has 10 heteroatoms. The largest absolute Gasteiger partial charge is 0.456 e. The van der Waals surface area contributed by atoms with Crippen molar-refractivity contribution in [3.05, 3.63) is 53.6 Å². The van der Waals surface area contributed by atoms with Gasteiger partial charge in [-0.15, -0.1) is 0 Å². The molecular weight excluding hydrogens is 388 g/mol. The number of ketones is 1. The number of fused-ring (bicyclic) bond motifs is 1. The van der Waals surface area contributed by atoms with Crippen molar-refractivity contribution >= 4 is 21.8 Å². The monoisotopic (exact) mass is 402 g/mol. The Morgan fingerprint density at radius 3 is 2.68 bits per heavy atom. The van der Waals surface area contributed by atoms with E-state index in [4.69, 9.17) is 19.5 Å². The molecule has 0 fully saturated rings. The Balaban J connectivity index is 1.54. The SMILES string of the molecule is N#Cc1ccccc1S(=O)(=O)NCC(=O)OCC(=O)c1ccc2c(c1)OCO2. The number of benzene rings is 2. The van der Waals surface area contributed by atoms with E-state index in [1.165, 1.54) is 36.4 Å². The highest BCUT2D eigenvalue weighted by atomic mass is 32.2.